The van der Waals surface area contributed by atoms with E-state index >= 15 is 0 Å². The second-order valence-electron chi connectivity index (χ2n) is 3.84. The Balaban J connectivity index is 2.28. The second kappa shape index (κ2) is 7.42. The van der Waals surface area contributed by atoms with Crippen molar-refractivity contribution in [3.63, 3.8) is 0 Å². The van der Waals surface area contributed by atoms with Crippen LogP contribution in [0, 0.1) is 0 Å². The highest BCUT2D eigenvalue weighted by Crippen LogP contribution is 2.20. The third-order valence-electron chi connectivity index (χ3n) is 2.17. The molecule has 1 rings (SSSR count). The van der Waals surface area contributed by atoms with E-state index in [1.165, 1.54) is 0 Å². The normalized spacial score (nSPS) is 12.2. The number of aliphatic hydroxyl groups excluding tert-OH is 1. The van der Waals surface area contributed by atoms with Crippen LogP contribution in [-0.2, 0) is 4.79 Å². The van der Waals surface area contributed by atoms with Crippen LogP contribution >= 0.6 is 15.9 Å². The average molecular weight is 301 g/mol. The van der Waals surface area contributed by atoms with Crippen molar-refractivity contribution in [2.75, 3.05) is 18.4 Å². The molecule has 3 N–H and O–H groups in total. The van der Waals surface area contributed by atoms with Gasteiger partial charge in [-0.3, -0.25) is 4.79 Å². The number of carbonyl (C=O) groups is 1. The van der Waals surface area contributed by atoms with E-state index in [4.69, 9.17) is 5.11 Å². The lowest BCUT2D eigenvalue weighted by Gasteiger charge is -2.08. The molecule has 1 amide bonds. The van der Waals surface area contributed by atoms with Gasteiger partial charge in [-0.1, -0.05) is 12.1 Å². The zero-order chi connectivity index (χ0) is 12.7. The maximum absolute atomic E-state index is 11.6. The molecule has 0 aliphatic carbocycles. The average Bonchev–Trinajstić information content (AvgIpc) is 2.27. The number of anilines is 1. The van der Waals surface area contributed by atoms with Crippen LogP contribution in [0.3, 0.4) is 0 Å². The van der Waals surface area contributed by atoms with Crippen molar-refractivity contribution in [2.24, 2.45) is 0 Å². The predicted octanol–water partition coefficient (Wildman–Crippen LogP) is 1.75. The number of nitrogens with one attached hydrogen (secondary N) is 2. The summed E-state index contributed by atoms with van der Waals surface area (Å²) in [5.41, 5.74) is 0.759. The van der Waals surface area contributed by atoms with E-state index in [9.17, 15) is 4.79 Å². The molecule has 17 heavy (non-hydrogen) atoms. The molecule has 0 aliphatic rings. The smallest absolute Gasteiger partial charge is 0.238 e. The molecule has 0 bridgehead atoms. The van der Waals surface area contributed by atoms with Crippen LogP contribution in [0.1, 0.15) is 13.3 Å². The highest BCUT2D eigenvalue weighted by molar-refractivity contribution is 9.10. The van der Waals surface area contributed by atoms with Gasteiger partial charge in [-0.2, -0.15) is 0 Å². The van der Waals surface area contributed by atoms with E-state index in [0.717, 1.165) is 10.2 Å². The van der Waals surface area contributed by atoms with Crippen molar-refractivity contribution in [3.05, 3.63) is 28.7 Å². The Bertz CT molecular complexity index is 369. The molecule has 0 radical (unpaired) electrons. The standard InChI is InChI=1S/C12H17BrN2O2/c1-9(16)6-7-14-8-12(17)15-11-5-3-2-4-10(11)13/h2-5,9,14,16H,6-8H2,1H3,(H,15,17). The summed E-state index contributed by atoms with van der Waals surface area (Å²) in [7, 11) is 0. The lowest BCUT2D eigenvalue weighted by molar-refractivity contribution is -0.115. The summed E-state index contributed by atoms with van der Waals surface area (Å²) in [6.07, 6.45) is 0.302. The largest absolute Gasteiger partial charge is 0.393 e. The number of carbonyl (C=O) groups excluding carboxylic acids is 1. The molecule has 1 atom stereocenters. The summed E-state index contributed by atoms with van der Waals surface area (Å²) >= 11 is 3.36. The first kappa shape index (κ1) is 14.2. The Morgan fingerprint density at radius 1 is 1.47 bits per heavy atom. The Hall–Kier alpha value is -0.910. The number of aliphatic hydroxyl groups is 1. The summed E-state index contributed by atoms with van der Waals surface area (Å²) in [6, 6.07) is 7.45. The van der Waals surface area contributed by atoms with Gasteiger partial charge >= 0.3 is 0 Å². The van der Waals surface area contributed by atoms with Crippen molar-refractivity contribution >= 4 is 27.5 Å². The molecule has 1 aromatic carbocycles. The van der Waals surface area contributed by atoms with E-state index in [-0.39, 0.29) is 18.6 Å². The van der Waals surface area contributed by atoms with Gasteiger partial charge in [0.05, 0.1) is 18.3 Å². The highest BCUT2D eigenvalue weighted by atomic mass is 79.9. The maximum atomic E-state index is 11.6. The first-order valence-corrected chi connectivity index (χ1v) is 6.32. The number of halogens is 1. The molecule has 0 saturated carbocycles. The number of para-hydroxylation sites is 1. The minimum Gasteiger partial charge on any atom is -0.393 e. The second-order valence-corrected chi connectivity index (χ2v) is 4.70. The van der Waals surface area contributed by atoms with E-state index in [2.05, 4.69) is 26.6 Å². The van der Waals surface area contributed by atoms with Gasteiger partial charge < -0.3 is 15.7 Å². The molecular weight excluding hydrogens is 284 g/mol. The number of rotatable bonds is 6. The van der Waals surface area contributed by atoms with E-state index < -0.39 is 0 Å². The van der Waals surface area contributed by atoms with Gasteiger partial charge in [-0.15, -0.1) is 0 Å². The van der Waals surface area contributed by atoms with Crippen LogP contribution in [-0.4, -0.2) is 30.2 Å². The fourth-order valence-electron chi connectivity index (χ4n) is 1.27. The summed E-state index contributed by atoms with van der Waals surface area (Å²) < 4.78 is 0.859. The molecule has 0 saturated heterocycles. The highest BCUT2D eigenvalue weighted by Gasteiger charge is 2.04. The quantitative estimate of drug-likeness (QED) is 0.702. The molecule has 4 nitrogen and oxygen atoms in total. The zero-order valence-corrected chi connectivity index (χ0v) is 11.3. The minimum absolute atomic E-state index is 0.0949. The topological polar surface area (TPSA) is 61.4 Å². The van der Waals surface area contributed by atoms with Crippen LogP contribution in [0.4, 0.5) is 5.69 Å². The molecule has 94 valence electrons. The third kappa shape index (κ3) is 5.81. The summed E-state index contributed by atoms with van der Waals surface area (Å²) in [4.78, 5) is 11.6. The van der Waals surface area contributed by atoms with E-state index in [0.29, 0.717) is 13.0 Å². The Kier molecular flexibility index (Phi) is 6.18. The summed E-state index contributed by atoms with van der Waals surface area (Å²) in [5.74, 6) is -0.0949. The number of amides is 1. The molecule has 0 aromatic heterocycles. The van der Waals surface area contributed by atoms with Gasteiger partial charge in [0.15, 0.2) is 0 Å². The van der Waals surface area contributed by atoms with Crippen molar-refractivity contribution in [1.82, 2.24) is 5.32 Å². The van der Waals surface area contributed by atoms with Crippen molar-refractivity contribution < 1.29 is 9.90 Å². The van der Waals surface area contributed by atoms with Crippen LogP contribution in [0.25, 0.3) is 0 Å². The van der Waals surface area contributed by atoms with Crippen molar-refractivity contribution in [1.29, 1.82) is 0 Å². The molecule has 5 heteroatoms. The Labute approximate surface area is 110 Å². The molecular formula is C12H17BrN2O2. The number of hydrogen-bond donors (Lipinski definition) is 3. The van der Waals surface area contributed by atoms with Crippen molar-refractivity contribution in [3.8, 4) is 0 Å². The zero-order valence-electron chi connectivity index (χ0n) is 9.74. The first-order valence-electron chi connectivity index (χ1n) is 5.52. The van der Waals surface area contributed by atoms with Gasteiger partial charge in [-0.05, 0) is 48.0 Å². The molecule has 0 spiro atoms. The van der Waals surface area contributed by atoms with Gasteiger partial charge in [0, 0.05) is 4.47 Å². The Morgan fingerprint density at radius 3 is 2.82 bits per heavy atom. The minimum atomic E-state index is -0.339. The SMILES string of the molecule is CC(O)CCNCC(=O)Nc1ccccc1Br. The van der Waals surface area contributed by atoms with E-state index in [1.807, 2.05) is 24.3 Å². The number of benzene rings is 1. The van der Waals surface area contributed by atoms with Crippen molar-refractivity contribution in [2.45, 2.75) is 19.4 Å². The number of hydrogen-bond acceptors (Lipinski definition) is 3. The van der Waals surface area contributed by atoms with Gasteiger partial charge in [0.2, 0.25) is 5.91 Å². The molecule has 0 heterocycles. The van der Waals surface area contributed by atoms with Gasteiger partial charge in [-0.25, -0.2) is 0 Å². The Morgan fingerprint density at radius 2 is 2.18 bits per heavy atom. The van der Waals surface area contributed by atoms with Crippen LogP contribution < -0.4 is 10.6 Å². The summed E-state index contributed by atoms with van der Waals surface area (Å²) in [5, 5.41) is 14.8. The summed E-state index contributed by atoms with van der Waals surface area (Å²) in [6.45, 7) is 2.60. The lowest BCUT2D eigenvalue weighted by Crippen LogP contribution is -2.30. The molecule has 0 aliphatic heterocycles. The van der Waals surface area contributed by atoms with Crippen LogP contribution in [0.15, 0.2) is 28.7 Å². The molecule has 0 fully saturated rings. The van der Waals surface area contributed by atoms with Gasteiger partial charge in [0.1, 0.15) is 0 Å². The fraction of sp³-hybridized carbons (Fsp3) is 0.417. The predicted molar refractivity (Wildman–Crippen MR) is 71.9 cm³/mol. The lowest BCUT2D eigenvalue weighted by atomic mass is 10.3. The first-order chi connectivity index (χ1) is 8.09. The fourth-order valence-corrected chi connectivity index (χ4v) is 1.65. The van der Waals surface area contributed by atoms with Gasteiger partial charge in [0.25, 0.3) is 0 Å². The monoisotopic (exact) mass is 300 g/mol. The van der Waals surface area contributed by atoms with Crippen LogP contribution in [0.2, 0.25) is 0 Å². The third-order valence-corrected chi connectivity index (χ3v) is 2.86. The van der Waals surface area contributed by atoms with E-state index in [1.54, 1.807) is 6.92 Å². The molecule has 1 unspecified atom stereocenters. The maximum Gasteiger partial charge on any atom is 0.238 e. The van der Waals surface area contributed by atoms with Crippen LogP contribution in [0.5, 0.6) is 0 Å². The molecule has 1 aromatic rings.